The number of aliphatic hydroxyl groups excluding tert-OH is 1. The Hall–Kier alpha value is -2.89. The second-order valence-corrected chi connectivity index (χ2v) is 9.84. The number of rotatable bonds is 6. The molecule has 3 amide bonds. The van der Waals surface area contributed by atoms with Crippen molar-refractivity contribution in [1.29, 1.82) is 0 Å². The number of benzene rings is 1. The molecule has 33 heavy (non-hydrogen) atoms. The maximum absolute atomic E-state index is 12.8. The molecular weight excluding hydrogens is 420 g/mol. The minimum Gasteiger partial charge on any atom is -0.444 e. The van der Waals surface area contributed by atoms with Crippen LogP contribution in [0.3, 0.4) is 0 Å². The smallest absolute Gasteiger partial charge is 0.407 e. The lowest BCUT2D eigenvalue weighted by molar-refractivity contribution is -0.135. The molecule has 7 nitrogen and oxygen atoms in total. The van der Waals surface area contributed by atoms with Crippen LogP contribution < -0.4 is 10.6 Å². The molecule has 3 rings (SSSR count). The molecule has 1 saturated carbocycles. The highest BCUT2D eigenvalue weighted by Gasteiger charge is 2.33. The molecule has 2 aliphatic carbocycles. The predicted molar refractivity (Wildman–Crippen MR) is 125 cm³/mol. The molecule has 0 aliphatic heterocycles. The van der Waals surface area contributed by atoms with Gasteiger partial charge in [-0.25, -0.2) is 4.79 Å². The van der Waals surface area contributed by atoms with Crippen molar-refractivity contribution in [3.8, 4) is 0 Å². The van der Waals surface area contributed by atoms with Crippen molar-refractivity contribution in [1.82, 2.24) is 10.6 Å². The molecule has 1 fully saturated rings. The Bertz CT molecular complexity index is 950. The van der Waals surface area contributed by atoms with E-state index in [-0.39, 0.29) is 11.5 Å². The quantitative estimate of drug-likeness (QED) is 0.569. The van der Waals surface area contributed by atoms with Crippen molar-refractivity contribution in [3.05, 3.63) is 47.2 Å². The number of carbonyl (C=O) groups is 3. The number of hydrogen-bond acceptors (Lipinski definition) is 5. The second kappa shape index (κ2) is 10.8. The number of fused-ring (bicyclic) bond motifs is 1. The fourth-order valence-electron chi connectivity index (χ4n) is 4.41. The Morgan fingerprint density at radius 1 is 1.15 bits per heavy atom. The van der Waals surface area contributed by atoms with Crippen LogP contribution in [0.2, 0.25) is 0 Å². The lowest BCUT2D eigenvalue weighted by Gasteiger charge is -2.30. The molecule has 0 bridgehead atoms. The molecular formula is C26H34N2O5. The Morgan fingerprint density at radius 3 is 2.55 bits per heavy atom. The Kier molecular flexibility index (Phi) is 8.11. The van der Waals surface area contributed by atoms with E-state index in [4.69, 9.17) is 4.74 Å². The summed E-state index contributed by atoms with van der Waals surface area (Å²) in [6.07, 6.45) is 5.86. The third kappa shape index (κ3) is 7.04. The summed E-state index contributed by atoms with van der Waals surface area (Å²) in [4.78, 5) is 38.0. The van der Waals surface area contributed by atoms with E-state index in [1.165, 1.54) is 6.42 Å². The highest BCUT2D eigenvalue weighted by atomic mass is 16.6. The van der Waals surface area contributed by atoms with Gasteiger partial charge in [-0.1, -0.05) is 56.4 Å². The highest BCUT2D eigenvalue weighted by molar-refractivity contribution is 6.24. The van der Waals surface area contributed by atoms with Gasteiger partial charge in [0.05, 0.1) is 11.6 Å². The first kappa shape index (κ1) is 24.7. The molecule has 178 valence electrons. The van der Waals surface area contributed by atoms with Crippen molar-refractivity contribution in [2.45, 2.75) is 83.5 Å². The van der Waals surface area contributed by atoms with Crippen LogP contribution in [-0.4, -0.2) is 40.8 Å². The summed E-state index contributed by atoms with van der Waals surface area (Å²) in [6.45, 7) is 5.23. The van der Waals surface area contributed by atoms with Gasteiger partial charge in [0.15, 0.2) is 6.10 Å². The Labute approximate surface area is 195 Å². The molecule has 2 atom stereocenters. The second-order valence-electron chi connectivity index (χ2n) is 9.84. The first-order valence-corrected chi connectivity index (χ1v) is 11.7. The number of carbonyl (C=O) groups excluding carboxylic acids is 3. The standard InChI is InChI=1S/C26H34N2O5/c1-26(2,3)33-25(32)27-21(16-17-10-5-4-6-11-17)22(29)24(31)28-23(30)20-15-9-13-18-12-7-8-14-19(18)20/h7-9,12,14,17,21-22,29H,4-6,10-11,13,16H2,1-3H3,(H,27,32)(H,28,30,31). The van der Waals surface area contributed by atoms with Gasteiger partial charge >= 0.3 is 6.09 Å². The van der Waals surface area contributed by atoms with Gasteiger partial charge in [-0.3, -0.25) is 14.9 Å². The number of amides is 3. The van der Waals surface area contributed by atoms with E-state index in [0.717, 1.165) is 31.2 Å². The highest BCUT2D eigenvalue weighted by Crippen LogP contribution is 2.28. The average Bonchev–Trinajstić information content (AvgIpc) is 2.77. The van der Waals surface area contributed by atoms with Crippen LogP contribution in [0.5, 0.6) is 0 Å². The average molecular weight is 455 g/mol. The number of nitrogens with one attached hydrogen (secondary N) is 2. The van der Waals surface area contributed by atoms with E-state index in [1.54, 1.807) is 32.9 Å². The zero-order valence-electron chi connectivity index (χ0n) is 19.6. The van der Waals surface area contributed by atoms with Gasteiger partial charge in [-0.15, -0.1) is 5.73 Å². The molecule has 1 aromatic rings. The van der Waals surface area contributed by atoms with Crippen LogP contribution in [0.4, 0.5) is 4.79 Å². The predicted octanol–water partition coefficient (Wildman–Crippen LogP) is 3.65. The summed E-state index contributed by atoms with van der Waals surface area (Å²) >= 11 is 0. The van der Waals surface area contributed by atoms with Gasteiger partial charge in [0.25, 0.3) is 11.8 Å². The third-order valence-corrected chi connectivity index (χ3v) is 5.98. The molecule has 7 heteroatoms. The maximum atomic E-state index is 12.8. The van der Waals surface area contributed by atoms with Crippen LogP contribution in [0.25, 0.3) is 5.57 Å². The van der Waals surface area contributed by atoms with Crippen LogP contribution >= 0.6 is 0 Å². The molecule has 0 spiro atoms. The molecule has 2 unspecified atom stereocenters. The lowest BCUT2D eigenvalue weighted by atomic mass is 9.83. The van der Waals surface area contributed by atoms with E-state index in [1.807, 2.05) is 18.2 Å². The number of imide groups is 1. The van der Waals surface area contributed by atoms with Crippen LogP contribution in [0, 0.1) is 5.92 Å². The van der Waals surface area contributed by atoms with Crippen molar-refractivity contribution < 1.29 is 24.2 Å². The van der Waals surface area contributed by atoms with E-state index in [2.05, 4.69) is 16.4 Å². The first-order chi connectivity index (χ1) is 15.6. The fraction of sp³-hybridized carbons (Fsp3) is 0.538. The molecule has 0 aromatic heterocycles. The van der Waals surface area contributed by atoms with Gasteiger partial charge in [0.2, 0.25) is 0 Å². The summed E-state index contributed by atoms with van der Waals surface area (Å²) in [5, 5.41) is 15.8. The summed E-state index contributed by atoms with van der Waals surface area (Å²) in [7, 11) is 0. The van der Waals surface area contributed by atoms with Gasteiger partial charge < -0.3 is 15.2 Å². The molecule has 3 N–H and O–H groups in total. The first-order valence-electron chi connectivity index (χ1n) is 11.7. The number of ether oxygens (including phenoxy) is 1. The monoisotopic (exact) mass is 454 g/mol. The maximum Gasteiger partial charge on any atom is 0.407 e. The Balaban J connectivity index is 1.70. The van der Waals surface area contributed by atoms with Crippen molar-refractivity contribution in [2.75, 3.05) is 0 Å². The number of hydrogen-bond donors (Lipinski definition) is 3. The van der Waals surface area contributed by atoms with Gasteiger partial charge in [-0.2, -0.15) is 0 Å². The summed E-state index contributed by atoms with van der Waals surface area (Å²) in [5.41, 5.74) is 4.15. The SMILES string of the molecule is CC(C)(C)OC(=O)NC(CC1CCCCC1)C(O)C(=O)NC(=O)C1=C=CCc2ccccc21. The Morgan fingerprint density at radius 2 is 1.85 bits per heavy atom. The van der Waals surface area contributed by atoms with Gasteiger partial charge in [0, 0.05) is 0 Å². The molecule has 0 heterocycles. The zero-order chi connectivity index (χ0) is 24.0. The normalized spacial score (nSPS) is 17.9. The van der Waals surface area contributed by atoms with Crippen molar-refractivity contribution >= 4 is 23.5 Å². The summed E-state index contributed by atoms with van der Waals surface area (Å²) in [5.74, 6) is -1.20. The minimum atomic E-state index is -1.59. The van der Waals surface area contributed by atoms with Crippen LogP contribution in [0.1, 0.15) is 70.4 Å². The van der Waals surface area contributed by atoms with Crippen molar-refractivity contribution in [2.24, 2.45) is 5.92 Å². The molecule has 1 aromatic carbocycles. The van der Waals surface area contributed by atoms with Crippen LogP contribution in [-0.2, 0) is 20.7 Å². The third-order valence-electron chi connectivity index (χ3n) is 5.98. The zero-order valence-corrected chi connectivity index (χ0v) is 19.6. The topological polar surface area (TPSA) is 105 Å². The van der Waals surface area contributed by atoms with Crippen LogP contribution in [0.15, 0.2) is 36.1 Å². The van der Waals surface area contributed by atoms with E-state index in [9.17, 15) is 19.5 Å². The van der Waals surface area contributed by atoms with E-state index >= 15 is 0 Å². The largest absolute Gasteiger partial charge is 0.444 e. The summed E-state index contributed by atoms with van der Waals surface area (Å²) < 4.78 is 5.32. The van der Waals surface area contributed by atoms with E-state index in [0.29, 0.717) is 18.4 Å². The fourth-order valence-corrected chi connectivity index (χ4v) is 4.41. The minimum absolute atomic E-state index is 0.251. The van der Waals surface area contributed by atoms with Gasteiger partial charge in [0.1, 0.15) is 5.60 Å². The molecule has 0 saturated heterocycles. The molecule has 0 radical (unpaired) electrons. The van der Waals surface area contributed by atoms with Crippen molar-refractivity contribution in [3.63, 3.8) is 0 Å². The summed E-state index contributed by atoms with van der Waals surface area (Å²) in [6, 6.07) is 6.57. The van der Waals surface area contributed by atoms with E-state index < -0.39 is 35.7 Å². The number of aliphatic hydroxyl groups is 1. The lowest BCUT2D eigenvalue weighted by Crippen LogP contribution is -2.53. The van der Waals surface area contributed by atoms with Gasteiger partial charge in [-0.05, 0) is 56.7 Å². The molecule has 2 aliphatic rings. The number of alkyl carbamates (subject to hydrolysis) is 1.